The molecule has 3 rings (SSSR count). The number of hydrogen-bond donors (Lipinski definition) is 1. The van der Waals surface area contributed by atoms with Crippen molar-refractivity contribution < 1.29 is 9.53 Å². The molecule has 1 saturated heterocycles. The maximum absolute atomic E-state index is 12.4. The summed E-state index contributed by atoms with van der Waals surface area (Å²) in [7, 11) is 1.67. The molecule has 0 bridgehead atoms. The smallest absolute Gasteiger partial charge is 0.240 e. The van der Waals surface area contributed by atoms with Crippen LogP contribution in [0.2, 0.25) is 0 Å². The average molecular weight is 359 g/mol. The molecule has 0 radical (unpaired) electrons. The highest BCUT2D eigenvalue weighted by Crippen LogP contribution is 2.34. The molecule has 6 heteroatoms. The van der Waals surface area contributed by atoms with Crippen molar-refractivity contribution in [3.63, 3.8) is 0 Å². The van der Waals surface area contributed by atoms with Crippen molar-refractivity contribution in [1.82, 2.24) is 9.88 Å². The first kappa shape index (κ1) is 17.9. The summed E-state index contributed by atoms with van der Waals surface area (Å²) in [6, 6.07) is 8.35. The summed E-state index contributed by atoms with van der Waals surface area (Å²) >= 11 is 1.48. The van der Waals surface area contributed by atoms with Crippen LogP contribution in [0.3, 0.4) is 0 Å². The number of nitrogens with one attached hydrogen (secondary N) is 1. The fourth-order valence-corrected chi connectivity index (χ4v) is 3.83. The summed E-state index contributed by atoms with van der Waals surface area (Å²) in [4.78, 5) is 19.1. The summed E-state index contributed by atoms with van der Waals surface area (Å²) in [6.45, 7) is 7.66. The van der Waals surface area contributed by atoms with Gasteiger partial charge in [-0.25, -0.2) is 4.98 Å². The van der Waals surface area contributed by atoms with Crippen LogP contribution in [0.4, 0.5) is 5.13 Å². The number of amides is 1. The van der Waals surface area contributed by atoms with E-state index >= 15 is 0 Å². The molecule has 2 aromatic rings. The standard InChI is InChI=1S/C19H25N3O2S/c1-19(2,3)16-12-25-18(20-16)21-17(23)11-22-9-8-15(22)13-6-5-7-14(10-13)24-4/h5-7,10,12,15H,8-9,11H2,1-4H3,(H,20,21,23). The van der Waals surface area contributed by atoms with Gasteiger partial charge in [-0.2, -0.15) is 0 Å². The lowest BCUT2D eigenvalue weighted by Crippen LogP contribution is -2.45. The van der Waals surface area contributed by atoms with Crippen LogP contribution >= 0.6 is 11.3 Å². The lowest BCUT2D eigenvalue weighted by Gasteiger charge is -2.40. The van der Waals surface area contributed by atoms with E-state index in [1.54, 1.807) is 7.11 Å². The fourth-order valence-electron chi connectivity index (χ4n) is 2.88. The molecule has 25 heavy (non-hydrogen) atoms. The number of hydrogen-bond acceptors (Lipinski definition) is 5. The Morgan fingerprint density at radius 3 is 2.84 bits per heavy atom. The summed E-state index contributed by atoms with van der Waals surface area (Å²) in [6.07, 6.45) is 1.06. The van der Waals surface area contributed by atoms with Crippen LogP contribution in [0.5, 0.6) is 5.75 Å². The molecule has 1 aliphatic heterocycles. The number of nitrogens with zero attached hydrogens (tertiary/aromatic N) is 2. The Labute approximate surface area is 153 Å². The Morgan fingerprint density at radius 2 is 2.24 bits per heavy atom. The van der Waals surface area contributed by atoms with E-state index in [1.165, 1.54) is 16.9 Å². The lowest BCUT2D eigenvalue weighted by atomic mass is 9.93. The molecule has 1 aliphatic rings. The minimum Gasteiger partial charge on any atom is -0.497 e. The molecule has 1 aromatic carbocycles. The normalized spacial score (nSPS) is 17.8. The lowest BCUT2D eigenvalue weighted by molar-refractivity contribution is -0.119. The van der Waals surface area contributed by atoms with E-state index in [0.717, 1.165) is 24.4 Å². The Hall–Kier alpha value is -1.92. The maximum Gasteiger partial charge on any atom is 0.240 e. The van der Waals surface area contributed by atoms with Gasteiger partial charge in [-0.15, -0.1) is 11.3 Å². The highest BCUT2D eigenvalue weighted by molar-refractivity contribution is 7.13. The van der Waals surface area contributed by atoms with Gasteiger partial charge in [-0.05, 0) is 24.1 Å². The van der Waals surface area contributed by atoms with E-state index in [0.29, 0.717) is 11.7 Å². The van der Waals surface area contributed by atoms with Crippen LogP contribution in [-0.2, 0) is 10.2 Å². The van der Waals surface area contributed by atoms with Gasteiger partial charge in [0, 0.05) is 23.4 Å². The number of anilines is 1. The molecule has 134 valence electrons. The fraction of sp³-hybridized carbons (Fsp3) is 0.474. The third-order valence-electron chi connectivity index (χ3n) is 4.47. The molecular weight excluding hydrogens is 334 g/mol. The van der Waals surface area contributed by atoms with Crippen LogP contribution in [0.15, 0.2) is 29.6 Å². The Kier molecular flexibility index (Phi) is 5.11. The summed E-state index contributed by atoms with van der Waals surface area (Å²) in [5.74, 6) is 0.841. The van der Waals surface area contributed by atoms with Crippen LogP contribution in [0, 0.1) is 0 Å². The number of methoxy groups -OCH3 is 1. The molecule has 1 atom stereocenters. The topological polar surface area (TPSA) is 54.5 Å². The van der Waals surface area contributed by atoms with E-state index in [-0.39, 0.29) is 17.4 Å². The molecule has 1 unspecified atom stereocenters. The summed E-state index contributed by atoms with van der Waals surface area (Å²) < 4.78 is 5.29. The number of benzene rings is 1. The molecule has 0 saturated carbocycles. The third kappa shape index (κ3) is 4.19. The van der Waals surface area contributed by atoms with Crippen molar-refractivity contribution in [3.8, 4) is 5.75 Å². The van der Waals surface area contributed by atoms with E-state index in [1.807, 2.05) is 23.6 Å². The number of thiazole rings is 1. The third-order valence-corrected chi connectivity index (χ3v) is 5.23. The Morgan fingerprint density at radius 1 is 1.44 bits per heavy atom. The van der Waals surface area contributed by atoms with Gasteiger partial charge in [0.25, 0.3) is 0 Å². The van der Waals surface area contributed by atoms with Gasteiger partial charge in [0.05, 0.1) is 19.3 Å². The van der Waals surface area contributed by atoms with Crippen LogP contribution < -0.4 is 10.1 Å². The van der Waals surface area contributed by atoms with Crippen molar-refractivity contribution >= 4 is 22.4 Å². The highest BCUT2D eigenvalue weighted by atomic mass is 32.1. The largest absolute Gasteiger partial charge is 0.497 e. The second-order valence-electron chi connectivity index (χ2n) is 7.39. The first-order chi connectivity index (χ1) is 11.9. The van der Waals surface area contributed by atoms with E-state index in [9.17, 15) is 4.79 Å². The van der Waals surface area contributed by atoms with E-state index < -0.39 is 0 Å². The van der Waals surface area contributed by atoms with E-state index in [2.05, 4.69) is 42.0 Å². The van der Waals surface area contributed by atoms with Crippen molar-refractivity contribution in [1.29, 1.82) is 0 Å². The molecule has 1 amide bonds. The predicted octanol–water partition coefficient (Wildman–Crippen LogP) is 3.83. The Bertz CT molecular complexity index is 751. The zero-order valence-corrected chi connectivity index (χ0v) is 16.0. The van der Waals surface area contributed by atoms with E-state index in [4.69, 9.17) is 4.74 Å². The van der Waals surface area contributed by atoms with Gasteiger partial charge in [-0.3, -0.25) is 9.69 Å². The van der Waals surface area contributed by atoms with Crippen molar-refractivity contribution in [3.05, 3.63) is 40.9 Å². The van der Waals surface area contributed by atoms with Gasteiger partial charge in [0.1, 0.15) is 5.75 Å². The SMILES string of the molecule is COc1cccc(C2CCN2CC(=O)Nc2nc(C(C)(C)C)cs2)c1. The highest BCUT2D eigenvalue weighted by Gasteiger charge is 2.31. The predicted molar refractivity (Wildman–Crippen MR) is 101 cm³/mol. The molecule has 1 aromatic heterocycles. The number of ether oxygens (including phenoxy) is 1. The Balaban J connectivity index is 1.58. The molecular formula is C19H25N3O2S. The van der Waals surface area contributed by atoms with Crippen LogP contribution in [-0.4, -0.2) is 36.0 Å². The maximum atomic E-state index is 12.4. The molecule has 1 N–H and O–H groups in total. The van der Waals surface area contributed by atoms with Gasteiger partial charge < -0.3 is 10.1 Å². The molecule has 1 fully saturated rings. The first-order valence-electron chi connectivity index (χ1n) is 8.50. The van der Waals surface area contributed by atoms with Crippen LogP contribution in [0.25, 0.3) is 0 Å². The monoisotopic (exact) mass is 359 g/mol. The van der Waals surface area contributed by atoms with Crippen LogP contribution in [0.1, 0.15) is 44.5 Å². The number of likely N-dealkylation sites (tertiary alicyclic amines) is 1. The quantitative estimate of drug-likeness (QED) is 0.881. The van der Waals surface area contributed by atoms with Gasteiger partial charge >= 0.3 is 0 Å². The van der Waals surface area contributed by atoms with Crippen molar-refractivity contribution in [2.75, 3.05) is 25.5 Å². The minimum atomic E-state index is -0.0117. The first-order valence-corrected chi connectivity index (χ1v) is 9.38. The summed E-state index contributed by atoms with van der Waals surface area (Å²) in [5.41, 5.74) is 2.20. The van der Waals surface area contributed by atoms with Gasteiger partial charge in [0.15, 0.2) is 5.13 Å². The minimum absolute atomic E-state index is 0.00554. The van der Waals surface area contributed by atoms with Gasteiger partial charge in [-0.1, -0.05) is 32.9 Å². The van der Waals surface area contributed by atoms with Gasteiger partial charge in [0.2, 0.25) is 5.91 Å². The molecule has 5 nitrogen and oxygen atoms in total. The number of carbonyl (C=O) groups excluding carboxylic acids is 1. The number of rotatable bonds is 5. The molecule has 0 spiro atoms. The second kappa shape index (κ2) is 7.14. The van der Waals surface area contributed by atoms with Crippen molar-refractivity contribution in [2.24, 2.45) is 0 Å². The number of carbonyl (C=O) groups is 1. The average Bonchev–Trinajstić information content (AvgIpc) is 3.00. The zero-order valence-electron chi connectivity index (χ0n) is 15.2. The molecule has 2 heterocycles. The summed E-state index contributed by atoms with van der Waals surface area (Å²) in [5, 5.41) is 5.62. The zero-order chi connectivity index (χ0) is 18.0. The number of aromatic nitrogens is 1. The second-order valence-corrected chi connectivity index (χ2v) is 8.25. The molecule has 0 aliphatic carbocycles. The van der Waals surface area contributed by atoms with Crippen molar-refractivity contribution in [2.45, 2.75) is 38.6 Å².